The van der Waals surface area contributed by atoms with Gasteiger partial charge in [0.05, 0.1) is 0 Å². The van der Waals surface area contributed by atoms with Crippen LogP contribution in [-0.2, 0) is 0 Å². The van der Waals surface area contributed by atoms with Crippen LogP contribution in [0, 0.1) is 0 Å². The van der Waals surface area contributed by atoms with Crippen LogP contribution in [0.5, 0.6) is 0 Å². The first-order valence-corrected chi connectivity index (χ1v) is 8.26. The van der Waals surface area contributed by atoms with Crippen LogP contribution in [0.2, 0.25) is 0 Å². The van der Waals surface area contributed by atoms with Crippen molar-refractivity contribution in [3.05, 3.63) is 48.8 Å². The molecule has 1 atom stereocenters. The summed E-state index contributed by atoms with van der Waals surface area (Å²) in [6.45, 7) is 7.28. The first-order valence-electron chi connectivity index (χ1n) is 8.26. The molecule has 2 aromatic heterocycles. The number of rotatable bonds is 2. The lowest BCUT2D eigenvalue weighted by molar-refractivity contribution is 0.351. The monoisotopic (exact) mass is 311 g/mol. The molecule has 0 N–H and O–H groups in total. The fraction of sp³-hybridized carbons (Fsp3) is 0.444. The molecule has 3 heterocycles. The standard InChI is InChI=1S/C18H25N5/c1-16-15-22(17-7-3-5-9-19-17)13-11-21(2)12-14-23(16)18-8-4-6-10-20-18/h3-10,16H,11-15H2,1-2H3. The number of aromatic nitrogens is 2. The van der Waals surface area contributed by atoms with Gasteiger partial charge in [0.1, 0.15) is 11.6 Å². The maximum Gasteiger partial charge on any atom is 0.128 e. The van der Waals surface area contributed by atoms with Gasteiger partial charge in [0.2, 0.25) is 0 Å². The summed E-state index contributed by atoms with van der Waals surface area (Å²) in [6.07, 6.45) is 3.74. The summed E-state index contributed by atoms with van der Waals surface area (Å²) >= 11 is 0. The smallest absolute Gasteiger partial charge is 0.128 e. The Balaban J connectivity index is 1.84. The van der Waals surface area contributed by atoms with Gasteiger partial charge in [-0.3, -0.25) is 0 Å². The minimum Gasteiger partial charge on any atom is -0.353 e. The van der Waals surface area contributed by atoms with Gasteiger partial charge in [-0.15, -0.1) is 0 Å². The maximum absolute atomic E-state index is 4.55. The number of hydrogen-bond acceptors (Lipinski definition) is 5. The van der Waals surface area contributed by atoms with Gasteiger partial charge in [-0.05, 0) is 38.2 Å². The highest BCUT2D eigenvalue weighted by Gasteiger charge is 2.22. The van der Waals surface area contributed by atoms with E-state index in [1.807, 2.05) is 24.5 Å². The molecule has 0 spiro atoms. The van der Waals surface area contributed by atoms with Crippen LogP contribution in [-0.4, -0.2) is 60.7 Å². The third kappa shape index (κ3) is 3.99. The molecule has 0 aromatic carbocycles. The molecule has 5 nitrogen and oxygen atoms in total. The third-order valence-corrected chi connectivity index (χ3v) is 4.41. The van der Waals surface area contributed by atoms with Gasteiger partial charge in [-0.2, -0.15) is 0 Å². The largest absolute Gasteiger partial charge is 0.353 e. The molecule has 5 heteroatoms. The number of nitrogens with zero attached hydrogens (tertiary/aromatic N) is 5. The minimum absolute atomic E-state index is 0.374. The SMILES string of the molecule is CC1CN(c2ccccn2)CCN(C)CCN1c1ccccn1. The predicted octanol–water partition coefficient (Wildman–Crippen LogP) is 2.12. The first kappa shape index (κ1) is 15.7. The van der Waals surface area contributed by atoms with Crippen molar-refractivity contribution in [1.82, 2.24) is 14.9 Å². The van der Waals surface area contributed by atoms with Gasteiger partial charge < -0.3 is 14.7 Å². The van der Waals surface area contributed by atoms with E-state index < -0.39 is 0 Å². The van der Waals surface area contributed by atoms with E-state index >= 15 is 0 Å². The zero-order valence-electron chi connectivity index (χ0n) is 14.0. The fourth-order valence-corrected chi connectivity index (χ4v) is 3.02. The van der Waals surface area contributed by atoms with Crippen molar-refractivity contribution in [3.8, 4) is 0 Å². The Kier molecular flexibility index (Phi) is 5.08. The molecular weight excluding hydrogens is 286 g/mol. The van der Waals surface area contributed by atoms with Crippen LogP contribution in [0.15, 0.2) is 48.8 Å². The highest BCUT2D eigenvalue weighted by atomic mass is 15.3. The van der Waals surface area contributed by atoms with Gasteiger partial charge >= 0.3 is 0 Å². The fourth-order valence-electron chi connectivity index (χ4n) is 3.02. The van der Waals surface area contributed by atoms with E-state index in [4.69, 9.17) is 0 Å². The van der Waals surface area contributed by atoms with E-state index in [2.05, 4.69) is 62.9 Å². The summed E-state index contributed by atoms with van der Waals surface area (Å²) in [5, 5.41) is 0. The molecule has 122 valence electrons. The lowest BCUT2D eigenvalue weighted by atomic mass is 10.2. The van der Waals surface area contributed by atoms with Crippen LogP contribution < -0.4 is 9.80 Å². The van der Waals surface area contributed by atoms with E-state index in [9.17, 15) is 0 Å². The van der Waals surface area contributed by atoms with Gasteiger partial charge in [0.15, 0.2) is 0 Å². The average molecular weight is 311 g/mol. The Hall–Kier alpha value is -2.14. The molecule has 1 saturated heterocycles. The summed E-state index contributed by atoms with van der Waals surface area (Å²) < 4.78 is 0. The van der Waals surface area contributed by atoms with Crippen molar-refractivity contribution in [1.29, 1.82) is 0 Å². The highest BCUT2D eigenvalue weighted by molar-refractivity contribution is 5.42. The molecule has 0 radical (unpaired) electrons. The molecule has 0 amide bonds. The molecule has 0 bridgehead atoms. The quantitative estimate of drug-likeness (QED) is 0.849. The molecule has 3 rings (SSSR count). The maximum atomic E-state index is 4.55. The molecule has 1 fully saturated rings. The Labute approximate surface area is 138 Å². The van der Waals surface area contributed by atoms with Crippen molar-refractivity contribution in [2.75, 3.05) is 49.6 Å². The van der Waals surface area contributed by atoms with Crippen molar-refractivity contribution >= 4 is 11.6 Å². The minimum atomic E-state index is 0.374. The van der Waals surface area contributed by atoms with E-state index in [-0.39, 0.29) is 0 Å². The lowest BCUT2D eigenvalue weighted by Crippen LogP contribution is -2.44. The van der Waals surface area contributed by atoms with Crippen LogP contribution in [0.1, 0.15) is 6.92 Å². The van der Waals surface area contributed by atoms with E-state index in [1.165, 1.54) is 0 Å². The lowest BCUT2D eigenvalue weighted by Gasteiger charge is -2.33. The number of hydrogen-bond donors (Lipinski definition) is 0. The average Bonchev–Trinajstić information content (AvgIpc) is 2.66. The van der Waals surface area contributed by atoms with Crippen molar-refractivity contribution < 1.29 is 0 Å². The van der Waals surface area contributed by atoms with Gasteiger partial charge in [0, 0.05) is 51.2 Å². The van der Waals surface area contributed by atoms with Crippen molar-refractivity contribution in [2.45, 2.75) is 13.0 Å². The summed E-state index contributed by atoms with van der Waals surface area (Å²) in [4.78, 5) is 16.2. The second kappa shape index (κ2) is 7.42. The van der Waals surface area contributed by atoms with Crippen LogP contribution >= 0.6 is 0 Å². The van der Waals surface area contributed by atoms with E-state index in [0.29, 0.717) is 6.04 Å². The van der Waals surface area contributed by atoms with E-state index in [0.717, 1.165) is 44.4 Å². The second-order valence-corrected chi connectivity index (χ2v) is 6.17. The van der Waals surface area contributed by atoms with Gasteiger partial charge in [-0.1, -0.05) is 12.1 Å². The summed E-state index contributed by atoms with van der Waals surface area (Å²) in [7, 11) is 2.18. The Bertz CT molecular complexity index is 589. The Morgan fingerprint density at radius 3 is 2.17 bits per heavy atom. The molecule has 0 aliphatic carbocycles. The zero-order chi connectivity index (χ0) is 16.1. The second-order valence-electron chi connectivity index (χ2n) is 6.17. The highest BCUT2D eigenvalue weighted by Crippen LogP contribution is 2.18. The van der Waals surface area contributed by atoms with E-state index in [1.54, 1.807) is 0 Å². The van der Waals surface area contributed by atoms with Crippen LogP contribution in [0.3, 0.4) is 0 Å². The van der Waals surface area contributed by atoms with Crippen molar-refractivity contribution in [3.63, 3.8) is 0 Å². The summed E-state index contributed by atoms with van der Waals surface area (Å²) in [6, 6.07) is 12.6. The Morgan fingerprint density at radius 2 is 1.52 bits per heavy atom. The zero-order valence-corrected chi connectivity index (χ0v) is 14.0. The number of anilines is 2. The molecule has 1 unspecified atom stereocenters. The molecule has 2 aromatic rings. The normalized spacial score (nSPS) is 20.7. The predicted molar refractivity (Wildman–Crippen MR) is 95.0 cm³/mol. The number of pyridine rings is 2. The van der Waals surface area contributed by atoms with Crippen molar-refractivity contribution in [2.24, 2.45) is 0 Å². The first-order chi connectivity index (χ1) is 11.2. The van der Waals surface area contributed by atoms with Gasteiger partial charge in [-0.25, -0.2) is 9.97 Å². The molecule has 0 saturated carbocycles. The number of likely N-dealkylation sites (N-methyl/N-ethyl adjacent to an activating group) is 1. The molecule has 23 heavy (non-hydrogen) atoms. The van der Waals surface area contributed by atoms with Gasteiger partial charge in [0.25, 0.3) is 0 Å². The van der Waals surface area contributed by atoms with Crippen LogP contribution in [0.25, 0.3) is 0 Å². The molecular formula is C18H25N5. The Morgan fingerprint density at radius 1 is 0.870 bits per heavy atom. The summed E-state index contributed by atoms with van der Waals surface area (Å²) in [5.74, 6) is 2.10. The topological polar surface area (TPSA) is 35.5 Å². The van der Waals surface area contributed by atoms with Crippen LogP contribution in [0.4, 0.5) is 11.6 Å². The molecule has 1 aliphatic heterocycles. The third-order valence-electron chi connectivity index (χ3n) is 4.41. The molecule has 1 aliphatic rings. The summed E-state index contributed by atoms with van der Waals surface area (Å²) in [5.41, 5.74) is 0.